The Morgan fingerprint density at radius 2 is 1.32 bits per heavy atom. The first-order valence-electron chi connectivity index (χ1n) is 42.3. The smallest absolute Gasteiger partial charge is 0.410 e. The summed E-state index contributed by atoms with van der Waals surface area (Å²) in [6, 6.07) is 8.13. The summed E-state index contributed by atoms with van der Waals surface area (Å²) in [6.45, 7) is 25.3. The fourth-order valence-electron chi connectivity index (χ4n) is 16.7. The lowest BCUT2D eigenvalue weighted by Gasteiger charge is -2.41. The molecule has 8 rings (SSSR count). The van der Waals surface area contributed by atoms with Crippen molar-refractivity contribution in [1.29, 1.82) is 0 Å². The summed E-state index contributed by atoms with van der Waals surface area (Å²) in [5.74, 6) is -2.20. The molecule has 5 aliphatic rings. The third kappa shape index (κ3) is 27.6. The van der Waals surface area contributed by atoms with E-state index in [9.17, 15) is 46.8 Å². The number of fused-ring (bicyclic) bond motifs is 3. The van der Waals surface area contributed by atoms with Crippen LogP contribution in [0.4, 0.5) is 4.79 Å². The molecule has 28 nitrogen and oxygen atoms in total. The zero-order valence-electron chi connectivity index (χ0n) is 71.5. The largest absolute Gasteiger partial charge is 0.415 e. The number of rotatable bonds is 40. The maximum Gasteiger partial charge on any atom is 0.415 e. The van der Waals surface area contributed by atoms with E-state index in [-0.39, 0.29) is 82.6 Å². The molecule has 4 heterocycles. The molecule has 2 saturated heterocycles. The average molecular weight is 1680 g/mol. The molecule has 12 atom stereocenters. The minimum Gasteiger partial charge on any atom is -0.410 e. The van der Waals surface area contributed by atoms with Gasteiger partial charge in [-0.15, -0.1) is 11.8 Å². The highest BCUT2D eigenvalue weighted by Gasteiger charge is 2.46. The van der Waals surface area contributed by atoms with Crippen molar-refractivity contribution in [1.82, 2.24) is 55.6 Å². The van der Waals surface area contributed by atoms with Crippen molar-refractivity contribution in [3.05, 3.63) is 65.0 Å². The van der Waals surface area contributed by atoms with Crippen LogP contribution in [0.1, 0.15) is 199 Å². The highest BCUT2D eigenvalue weighted by Crippen LogP contribution is 2.47. The Balaban J connectivity index is 0.823. The Hall–Kier alpha value is -6.29. The number of hydrogen-bond donors (Lipinski definition) is 5. The number of likely N-dealkylation sites (N-methyl/N-ethyl adjacent to an activating group) is 2. The molecule has 4 fully saturated rings. The lowest BCUT2D eigenvalue weighted by atomic mass is 9.84. The predicted octanol–water partition coefficient (Wildman–Crippen LogP) is 9.50. The topological polar surface area (TPSA) is 334 Å². The van der Waals surface area contributed by atoms with Crippen LogP contribution in [0.5, 0.6) is 5.75 Å². The fourth-order valence-corrected chi connectivity index (χ4v) is 21.0. The molecule has 116 heavy (non-hydrogen) atoms. The van der Waals surface area contributed by atoms with Crippen LogP contribution in [0.25, 0.3) is 11.0 Å². The van der Waals surface area contributed by atoms with Crippen LogP contribution in [0.3, 0.4) is 0 Å². The van der Waals surface area contributed by atoms with Crippen LogP contribution in [0, 0.1) is 35.5 Å². The van der Waals surface area contributed by atoms with Gasteiger partial charge in [-0.3, -0.25) is 43.2 Å². The van der Waals surface area contributed by atoms with Crippen molar-refractivity contribution < 1.29 is 79.9 Å². The van der Waals surface area contributed by atoms with Crippen molar-refractivity contribution in [3.8, 4) is 5.75 Å². The van der Waals surface area contributed by atoms with Gasteiger partial charge in [0.2, 0.25) is 39.6 Å². The summed E-state index contributed by atoms with van der Waals surface area (Å²) in [7, 11) is 4.29. The van der Waals surface area contributed by atoms with Crippen molar-refractivity contribution in [2.75, 3.05) is 114 Å². The van der Waals surface area contributed by atoms with E-state index in [2.05, 4.69) is 39.8 Å². The van der Waals surface area contributed by atoms with E-state index < -0.39 is 81.5 Å². The van der Waals surface area contributed by atoms with Crippen molar-refractivity contribution in [2.45, 2.75) is 254 Å². The summed E-state index contributed by atoms with van der Waals surface area (Å²) in [4.78, 5) is 130. The van der Waals surface area contributed by atoms with Crippen LogP contribution in [0.15, 0.2) is 42.5 Å². The molecule has 2 saturated carbocycles. The number of hydrogen-bond acceptors (Lipinski definition) is 22. The maximum atomic E-state index is 14.7. The van der Waals surface area contributed by atoms with Crippen molar-refractivity contribution in [3.63, 3.8) is 0 Å². The number of aromatic nitrogens is 2. The number of sulfonamides is 1. The lowest BCUT2D eigenvalue weighted by molar-refractivity contribution is -0.148. The second kappa shape index (κ2) is 46.5. The Bertz CT molecular complexity index is 3780. The normalized spacial score (nSPS) is 21.2. The summed E-state index contributed by atoms with van der Waals surface area (Å²) >= 11 is 3.89. The highest BCUT2D eigenvalue weighted by molar-refractivity contribution is 8.00. The van der Waals surface area contributed by atoms with Gasteiger partial charge in [0.15, 0.2) is 0 Å². The minimum absolute atomic E-state index is 0.00252. The molecular weight excluding hydrogens is 1540 g/mol. The van der Waals surface area contributed by atoms with Gasteiger partial charge in [-0.25, -0.2) is 23.2 Å². The molecule has 0 radical (unpaired) electrons. The van der Waals surface area contributed by atoms with Crippen LogP contribution in [-0.4, -0.2) is 264 Å². The third-order valence-corrected chi connectivity index (χ3v) is 28.5. The molecule has 3 aliphatic heterocycles. The second-order valence-electron chi connectivity index (χ2n) is 33.5. The molecule has 2 aromatic carbocycles. The van der Waals surface area contributed by atoms with Gasteiger partial charge in [0.05, 0.1) is 117 Å². The number of amides is 8. The van der Waals surface area contributed by atoms with Crippen LogP contribution < -0.4 is 30.7 Å². The van der Waals surface area contributed by atoms with Gasteiger partial charge in [0.1, 0.15) is 17.8 Å². The van der Waals surface area contributed by atoms with Gasteiger partial charge in [0.25, 0.3) is 11.8 Å². The van der Waals surface area contributed by atoms with Crippen LogP contribution in [0.2, 0.25) is 0 Å². The zero-order chi connectivity index (χ0) is 84.4. The number of thioether (sulfide) groups is 2. The van der Waals surface area contributed by atoms with Gasteiger partial charge in [-0.05, 0) is 145 Å². The van der Waals surface area contributed by atoms with E-state index in [1.54, 1.807) is 59.0 Å². The van der Waals surface area contributed by atoms with Crippen LogP contribution >= 0.6 is 23.5 Å². The number of carbonyl (C=O) groups excluding carboxylic acids is 8. The Morgan fingerprint density at radius 1 is 0.672 bits per heavy atom. The number of benzene rings is 2. The summed E-state index contributed by atoms with van der Waals surface area (Å²) in [5, 5.41) is 12.0. The summed E-state index contributed by atoms with van der Waals surface area (Å²) in [6.07, 6.45) is 9.18. The van der Waals surface area contributed by atoms with E-state index in [1.165, 1.54) is 14.2 Å². The van der Waals surface area contributed by atoms with Crippen LogP contribution in [-0.2, 0) is 85.1 Å². The van der Waals surface area contributed by atoms with E-state index in [0.717, 1.165) is 68.3 Å². The highest BCUT2D eigenvalue weighted by atomic mass is 32.2. The summed E-state index contributed by atoms with van der Waals surface area (Å²) < 4.78 is 68.6. The SMILES string of the molecule is CCOCCOCCOCCOCCNC(=O)c1ccc2nc3c(nc2c1)CSC1CCCCCCC(NC(=O)C2CCN(C(=O)Oc4ccc(C[C@H](NC(=O)[C@H](C)[C@@H](OC)[C@@H]5CCCN5C(=O)C[C@@H](OC)[C@H]([C@@H](C)CC)N(C)C(=O)[C@@H](NC(=O)[C@H](C(C)C)N(C)C)C(C)C)C(=O)NS(=O)(=O)C5CC5)cc4)CC2)CCC1C(C)(C)SC3. The molecule has 2 aliphatic carbocycles. The molecule has 3 unspecified atom stereocenters. The van der Waals surface area contributed by atoms with Crippen molar-refractivity contribution in [2.24, 2.45) is 35.5 Å². The molecule has 5 N–H and O–H groups in total. The monoisotopic (exact) mass is 1680 g/mol. The number of carbonyl (C=O) groups is 8. The Morgan fingerprint density at radius 3 is 1.94 bits per heavy atom. The number of nitrogens with zero attached hydrogens (tertiary/aromatic N) is 6. The standard InChI is InChI=1S/C85H135N11O17S3/c1-16-56(7)76(94(13)83(103)74(54(3)4)91-82(102)75(55(5)6)93(11)12)71(107-14)51-73(97)96-39-22-24-70(96)77(108-15)57(8)78(98)90-67(81(101)92-116(105,106)63-32-33-63)49-58-26-30-62(31-27-58)113-84(104)95-40-36-59(37-41-95)80(100)87-61-23-20-18-19-21-25-72-64(34-29-61)85(9,10)115-53-69-68(52-114-72)89-66-50-60(28-35-65(66)88-69)79(99)86-38-42-110-45-46-112-48-47-111-44-43-109-17-2/h26-28,30-31,35,50,54-57,59,61,63-64,67,70-72,74-77H,16-25,29,32-34,36-49,51-53H2,1-15H3,(H,86,99)(H,87,100)(H,90,98)(H,91,102)(H,92,101)/t56-,57+,61?,64?,67-,70-,71+,72?,74-,75-,76-,77+/m0/s1. The van der Waals surface area contributed by atoms with Gasteiger partial charge >= 0.3 is 6.09 Å². The molecule has 31 heteroatoms. The number of ether oxygens (including phenoxy) is 7. The maximum absolute atomic E-state index is 14.7. The third-order valence-electron chi connectivity index (χ3n) is 23.7. The van der Waals surface area contributed by atoms with E-state index in [4.69, 9.17) is 43.1 Å². The van der Waals surface area contributed by atoms with Gasteiger partial charge < -0.3 is 69.1 Å². The number of nitrogens with one attached hydrogen (secondary N) is 5. The average Bonchev–Trinajstić information content (AvgIpc) is 1.38. The first-order chi connectivity index (χ1) is 55.4. The Kier molecular flexibility index (Phi) is 38.1. The Labute approximate surface area is 697 Å². The molecular formula is C85H135N11O17S3. The van der Waals surface area contributed by atoms with E-state index >= 15 is 0 Å². The van der Waals surface area contributed by atoms with Gasteiger partial charge in [0, 0.05) is 99.5 Å². The molecule has 1 aromatic heterocycles. The second-order valence-corrected chi connectivity index (χ2v) is 38.3. The number of piperidine rings is 1. The lowest BCUT2D eigenvalue weighted by Crippen LogP contribution is -2.59. The molecule has 0 spiro atoms. The quantitative estimate of drug-likeness (QED) is 0.0331. The van der Waals surface area contributed by atoms with E-state index in [1.807, 2.05) is 103 Å². The zero-order valence-corrected chi connectivity index (χ0v) is 74.0. The first-order valence-corrected chi connectivity index (χ1v) is 45.9. The molecule has 8 amide bonds. The molecule has 0 bridgehead atoms. The minimum atomic E-state index is -4.04. The van der Waals surface area contributed by atoms with Crippen molar-refractivity contribution >= 4 is 92.0 Å². The number of likely N-dealkylation sites (tertiary alicyclic amines) is 2. The first kappa shape index (κ1) is 95.2. The summed E-state index contributed by atoms with van der Waals surface area (Å²) in [5.41, 5.74) is 4.39. The van der Waals surface area contributed by atoms with Gasteiger partial charge in [-0.2, -0.15) is 11.8 Å². The van der Waals surface area contributed by atoms with Gasteiger partial charge in [-0.1, -0.05) is 107 Å². The predicted molar refractivity (Wildman–Crippen MR) is 451 cm³/mol. The molecule has 650 valence electrons. The molecule has 3 aromatic rings. The fraction of sp³-hybridized carbons (Fsp3) is 0.741. The number of methoxy groups -OCH3 is 2. The van der Waals surface area contributed by atoms with E-state index in [0.29, 0.717) is 163 Å².